The quantitative estimate of drug-likeness (QED) is 0.772. The standard InChI is InChI=1S/C9H12N4OS/c1-7-11-5-8(15-7)4-10-3-2-9-12-6-13-14-9/h5-6,10H,2-4H2,1H3. The number of hydrogen-bond donors (Lipinski definition) is 1. The summed E-state index contributed by atoms with van der Waals surface area (Å²) < 4.78 is 4.88. The van der Waals surface area contributed by atoms with Crippen LogP contribution in [0.4, 0.5) is 0 Å². The third-order valence-electron chi connectivity index (χ3n) is 1.89. The molecule has 0 fully saturated rings. The predicted octanol–water partition coefficient (Wildman–Crippen LogP) is 1.17. The number of aryl methyl sites for hydroxylation is 1. The number of nitrogens with one attached hydrogen (secondary N) is 1. The number of rotatable bonds is 5. The van der Waals surface area contributed by atoms with Gasteiger partial charge in [-0.1, -0.05) is 5.16 Å². The number of thiazole rings is 1. The van der Waals surface area contributed by atoms with E-state index in [4.69, 9.17) is 4.52 Å². The van der Waals surface area contributed by atoms with Crippen LogP contribution in [0, 0.1) is 6.92 Å². The highest BCUT2D eigenvalue weighted by atomic mass is 32.1. The van der Waals surface area contributed by atoms with Gasteiger partial charge in [0.2, 0.25) is 5.89 Å². The van der Waals surface area contributed by atoms with Crippen molar-refractivity contribution in [3.63, 3.8) is 0 Å². The predicted molar refractivity (Wildman–Crippen MR) is 56.6 cm³/mol. The molecular formula is C9H12N4OS. The van der Waals surface area contributed by atoms with Crippen LogP contribution < -0.4 is 5.32 Å². The normalized spacial score (nSPS) is 10.7. The Hall–Kier alpha value is -1.27. The van der Waals surface area contributed by atoms with E-state index in [9.17, 15) is 0 Å². The summed E-state index contributed by atoms with van der Waals surface area (Å²) in [6, 6.07) is 0. The summed E-state index contributed by atoms with van der Waals surface area (Å²) in [6.07, 6.45) is 4.08. The van der Waals surface area contributed by atoms with E-state index in [1.807, 2.05) is 13.1 Å². The van der Waals surface area contributed by atoms with Crippen molar-refractivity contribution in [2.45, 2.75) is 19.9 Å². The van der Waals surface area contributed by atoms with E-state index in [0.29, 0.717) is 5.89 Å². The largest absolute Gasteiger partial charge is 0.340 e. The zero-order valence-corrected chi connectivity index (χ0v) is 9.25. The van der Waals surface area contributed by atoms with E-state index in [-0.39, 0.29) is 0 Å². The first kappa shape index (κ1) is 10.3. The number of nitrogens with zero attached hydrogens (tertiary/aromatic N) is 3. The first-order chi connectivity index (χ1) is 7.34. The van der Waals surface area contributed by atoms with Crippen molar-refractivity contribution in [2.24, 2.45) is 0 Å². The first-order valence-electron chi connectivity index (χ1n) is 4.72. The molecule has 2 heterocycles. The summed E-state index contributed by atoms with van der Waals surface area (Å²) in [7, 11) is 0. The second kappa shape index (κ2) is 4.99. The van der Waals surface area contributed by atoms with Gasteiger partial charge < -0.3 is 9.84 Å². The lowest BCUT2D eigenvalue weighted by molar-refractivity contribution is 0.375. The molecule has 0 aliphatic carbocycles. The summed E-state index contributed by atoms with van der Waals surface area (Å²) in [5.41, 5.74) is 0. The minimum absolute atomic E-state index is 0.669. The van der Waals surface area contributed by atoms with Gasteiger partial charge in [-0.2, -0.15) is 4.98 Å². The van der Waals surface area contributed by atoms with E-state index in [0.717, 1.165) is 24.5 Å². The molecule has 0 saturated carbocycles. The van der Waals surface area contributed by atoms with E-state index in [1.165, 1.54) is 11.2 Å². The molecule has 2 rings (SSSR count). The van der Waals surface area contributed by atoms with Crippen molar-refractivity contribution in [1.82, 2.24) is 20.4 Å². The van der Waals surface area contributed by atoms with Gasteiger partial charge in [0.15, 0.2) is 6.33 Å². The molecular weight excluding hydrogens is 212 g/mol. The van der Waals surface area contributed by atoms with Gasteiger partial charge in [-0.3, -0.25) is 0 Å². The van der Waals surface area contributed by atoms with Crippen molar-refractivity contribution in [3.8, 4) is 0 Å². The molecule has 0 aliphatic heterocycles. The summed E-state index contributed by atoms with van der Waals surface area (Å²) >= 11 is 1.71. The van der Waals surface area contributed by atoms with Crippen LogP contribution in [0.1, 0.15) is 15.8 Å². The van der Waals surface area contributed by atoms with Crippen LogP contribution in [0.15, 0.2) is 17.0 Å². The molecule has 6 heteroatoms. The van der Waals surface area contributed by atoms with Gasteiger partial charge in [-0.15, -0.1) is 11.3 Å². The van der Waals surface area contributed by atoms with Gasteiger partial charge in [0.25, 0.3) is 0 Å². The molecule has 0 aliphatic rings. The second-order valence-electron chi connectivity index (χ2n) is 3.11. The maximum Gasteiger partial charge on any atom is 0.227 e. The lowest BCUT2D eigenvalue weighted by Gasteiger charge is -1.98. The molecule has 0 atom stereocenters. The summed E-state index contributed by atoms with van der Waals surface area (Å²) in [6.45, 7) is 3.69. The Bertz CT molecular complexity index is 398. The van der Waals surface area contributed by atoms with Crippen molar-refractivity contribution >= 4 is 11.3 Å². The molecule has 5 nitrogen and oxygen atoms in total. The van der Waals surface area contributed by atoms with E-state index >= 15 is 0 Å². The Morgan fingerprint density at radius 2 is 2.40 bits per heavy atom. The Labute approximate surface area is 91.5 Å². The van der Waals surface area contributed by atoms with Crippen LogP contribution in [-0.2, 0) is 13.0 Å². The van der Waals surface area contributed by atoms with Crippen molar-refractivity contribution in [2.75, 3.05) is 6.54 Å². The van der Waals surface area contributed by atoms with Crippen LogP contribution >= 0.6 is 11.3 Å². The van der Waals surface area contributed by atoms with E-state index in [2.05, 4.69) is 20.4 Å². The molecule has 0 bridgehead atoms. The van der Waals surface area contributed by atoms with Crippen LogP contribution in [0.5, 0.6) is 0 Å². The van der Waals surface area contributed by atoms with Gasteiger partial charge in [0.05, 0.1) is 5.01 Å². The lowest BCUT2D eigenvalue weighted by Crippen LogP contribution is -2.16. The zero-order chi connectivity index (χ0) is 10.5. The van der Waals surface area contributed by atoms with Crippen molar-refractivity contribution in [1.29, 1.82) is 0 Å². The molecule has 0 radical (unpaired) electrons. The SMILES string of the molecule is Cc1ncc(CNCCc2ncno2)s1. The monoisotopic (exact) mass is 224 g/mol. The zero-order valence-electron chi connectivity index (χ0n) is 8.43. The summed E-state index contributed by atoms with van der Waals surface area (Å²) in [4.78, 5) is 9.37. The van der Waals surface area contributed by atoms with E-state index < -0.39 is 0 Å². The third-order valence-corrected chi connectivity index (χ3v) is 2.80. The molecule has 80 valence electrons. The molecule has 15 heavy (non-hydrogen) atoms. The molecule has 0 unspecified atom stereocenters. The first-order valence-corrected chi connectivity index (χ1v) is 5.54. The van der Waals surface area contributed by atoms with Crippen molar-refractivity contribution < 1.29 is 4.52 Å². The lowest BCUT2D eigenvalue weighted by atomic mass is 10.4. The van der Waals surface area contributed by atoms with Gasteiger partial charge in [0.1, 0.15) is 0 Å². The highest BCUT2D eigenvalue weighted by Crippen LogP contribution is 2.10. The molecule has 0 saturated heterocycles. The molecule has 0 amide bonds. The van der Waals surface area contributed by atoms with Gasteiger partial charge in [-0.25, -0.2) is 4.98 Å². The van der Waals surface area contributed by atoms with Gasteiger partial charge in [-0.05, 0) is 6.92 Å². The Morgan fingerprint density at radius 3 is 3.07 bits per heavy atom. The highest BCUT2D eigenvalue weighted by Gasteiger charge is 2.00. The smallest absolute Gasteiger partial charge is 0.227 e. The van der Waals surface area contributed by atoms with Crippen LogP contribution in [-0.4, -0.2) is 21.7 Å². The fraction of sp³-hybridized carbons (Fsp3) is 0.444. The fourth-order valence-corrected chi connectivity index (χ4v) is 1.96. The van der Waals surface area contributed by atoms with Crippen molar-refractivity contribution in [3.05, 3.63) is 28.3 Å². The molecule has 0 aromatic carbocycles. The Morgan fingerprint density at radius 1 is 1.47 bits per heavy atom. The Kier molecular flexibility index (Phi) is 3.41. The van der Waals surface area contributed by atoms with Gasteiger partial charge in [0, 0.05) is 30.6 Å². The topological polar surface area (TPSA) is 63.8 Å². The van der Waals surface area contributed by atoms with Gasteiger partial charge >= 0.3 is 0 Å². The summed E-state index contributed by atoms with van der Waals surface area (Å²) in [5, 5.41) is 7.94. The molecule has 1 N–H and O–H groups in total. The average molecular weight is 224 g/mol. The maximum absolute atomic E-state index is 4.88. The molecule has 2 aromatic rings. The Balaban J connectivity index is 1.67. The molecule has 2 aromatic heterocycles. The maximum atomic E-state index is 4.88. The minimum Gasteiger partial charge on any atom is -0.340 e. The number of hydrogen-bond acceptors (Lipinski definition) is 6. The molecule has 0 spiro atoms. The second-order valence-corrected chi connectivity index (χ2v) is 4.43. The van der Waals surface area contributed by atoms with E-state index in [1.54, 1.807) is 11.3 Å². The summed E-state index contributed by atoms with van der Waals surface area (Å²) in [5.74, 6) is 0.669. The third kappa shape index (κ3) is 3.10. The fourth-order valence-electron chi connectivity index (χ4n) is 1.20. The minimum atomic E-state index is 0.669. The highest BCUT2D eigenvalue weighted by molar-refractivity contribution is 7.11. The van der Waals surface area contributed by atoms with Crippen LogP contribution in [0.2, 0.25) is 0 Å². The average Bonchev–Trinajstić information content (AvgIpc) is 2.84. The number of aromatic nitrogens is 3. The van der Waals surface area contributed by atoms with Crippen LogP contribution in [0.3, 0.4) is 0 Å². The van der Waals surface area contributed by atoms with Crippen LogP contribution in [0.25, 0.3) is 0 Å².